The number of nitrogens with zero attached hydrogens (tertiary/aromatic N) is 2. The molecular weight excluding hydrogens is 170 g/mol. The number of rotatable bonds is 4. The van der Waals surface area contributed by atoms with E-state index in [1.54, 1.807) is 12.2 Å². The van der Waals surface area contributed by atoms with E-state index in [1.165, 1.54) is 9.36 Å². The third kappa shape index (κ3) is 1.69. The Morgan fingerprint density at radius 1 is 1.08 bits per heavy atom. The summed E-state index contributed by atoms with van der Waals surface area (Å²) in [5, 5.41) is 0. The Labute approximate surface area is 74.6 Å². The summed E-state index contributed by atoms with van der Waals surface area (Å²) in [5.74, 6) is 0. The summed E-state index contributed by atoms with van der Waals surface area (Å²) in [6, 6.07) is 0. The highest BCUT2D eigenvalue weighted by molar-refractivity contribution is 4.77. The number of H-pyrrole nitrogens is 1. The van der Waals surface area contributed by atoms with Gasteiger partial charge in [-0.2, -0.15) is 0 Å². The second-order valence-electron chi connectivity index (χ2n) is 2.48. The van der Waals surface area contributed by atoms with E-state index in [0.29, 0.717) is 13.1 Å². The van der Waals surface area contributed by atoms with Gasteiger partial charge in [-0.3, -0.25) is 4.98 Å². The zero-order valence-corrected chi connectivity index (χ0v) is 7.19. The van der Waals surface area contributed by atoms with Gasteiger partial charge in [-0.05, 0) is 0 Å². The standard InChI is InChI=1S/C8H11N3O2/c1-3-5-10-7(12)9-8(13)11(10)6-4-2/h3-4H,1-2,5-6H2,(H,9,12,13). The highest BCUT2D eigenvalue weighted by Crippen LogP contribution is 1.80. The van der Waals surface area contributed by atoms with Gasteiger partial charge in [-0.1, -0.05) is 12.2 Å². The smallest absolute Gasteiger partial charge is 0.257 e. The first kappa shape index (κ1) is 9.31. The maximum absolute atomic E-state index is 11.1. The van der Waals surface area contributed by atoms with Crippen LogP contribution in [0.3, 0.4) is 0 Å². The Morgan fingerprint density at radius 3 is 1.77 bits per heavy atom. The molecule has 1 heterocycles. The average molecular weight is 181 g/mol. The molecule has 1 aromatic heterocycles. The molecule has 0 bridgehead atoms. The zero-order chi connectivity index (χ0) is 9.84. The Kier molecular flexibility index (Phi) is 2.69. The molecule has 0 radical (unpaired) electrons. The fourth-order valence-corrected chi connectivity index (χ4v) is 1.05. The SMILES string of the molecule is C=CCn1c(=O)[nH]c(=O)n1CC=C. The lowest BCUT2D eigenvalue weighted by Crippen LogP contribution is -2.25. The van der Waals surface area contributed by atoms with Crippen LogP contribution in [0.4, 0.5) is 0 Å². The summed E-state index contributed by atoms with van der Waals surface area (Å²) in [4.78, 5) is 24.4. The third-order valence-electron chi connectivity index (χ3n) is 1.58. The first-order valence-corrected chi connectivity index (χ1v) is 3.82. The Bertz CT molecular complexity index is 383. The number of hydrogen-bond acceptors (Lipinski definition) is 2. The number of aromatic nitrogens is 3. The van der Waals surface area contributed by atoms with Gasteiger partial charge in [-0.15, -0.1) is 13.2 Å². The second-order valence-corrected chi connectivity index (χ2v) is 2.48. The predicted molar refractivity (Wildman–Crippen MR) is 49.7 cm³/mol. The van der Waals surface area contributed by atoms with E-state index in [0.717, 1.165) is 0 Å². The van der Waals surface area contributed by atoms with Gasteiger partial charge in [0, 0.05) is 0 Å². The fraction of sp³-hybridized carbons (Fsp3) is 0.250. The molecule has 13 heavy (non-hydrogen) atoms. The molecule has 0 saturated heterocycles. The first-order chi connectivity index (χ1) is 6.20. The van der Waals surface area contributed by atoms with Crippen molar-refractivity contribution in [3.63, 3.8) is 0 Å². The van der Waals surface area contributed by atoms with Crippen LogP contribution in [0, 0.1) is 0 Å². The van der Waals surface area contributed by atoms with Crippen molar-refractivity contribution in [2.75, 3.05) is 0 Å². The van der Waals surface area contributed by atoms with Crippen LogP contribution in [-0.4, -0.2) is 14.3 Å². The summed E-state index contributed by atoms with van der Waals surface area (Å²) in [6.07, 6.45) is 3.10. The van der Waals surface area contributed by atoms with Gasteiger partial charge in [0.25, 0.3) is 0 Å². The van der Waals surface area contributed by atoms with E-state index >= 15 is 0 Å². The number of allylic oxidation sites excluding steroid dienone is 2. The molecule has 0 unspecified atom stereocenters. The highest BCUT2D eigenvalue weighted by atomic mass is 16.2. The van der Waals surface area contributed by atoms with Crippen LogP contribution < -0.4 is 11.4 Å². The molecule has 1 rings (SSSR count). The molecule has 0 atom stereocenters. The van der Waals surface area contributed by atoms with Crippen LogP contribution in [0.25, 0.3) is 0 Å². The molecule has 1 aromatic rings. The minimum Gasteiger partial charge on any atom is -0.257 e. The Hall–Kier alpha value is -1.78. The van der Waals surface area contributed by atoms with Crippen molar-refractivity contribution in [3.8, 4) is 0 Å². The van der Waals surface area contributed by atoms with Crippen molar-refractivity contribution in [2.45, 2.75) is 13.1 Å². The van der Waals surface area contributed by atoms with Crippen molar-refractivity contribution in [1.29, 1.82) is 0 Å². The molecule has 0 aliphatic heterocycles. The Balaban J connectivity index is 3.28. The third-order valence-corrected chi connectivity index (χ3v) is 1.58. The topological polar surface area (TPSA) is 59.8 Å². The summed E-state index contributed by atoms with van der Waals surface area (Å²) in [5.41, 5.74) is -0.849. The van der Waals surface area contributed by atoms with Crippen LogP contribution >= 0.6 is 0 Å². The van der Waals surface area contributed by atoms with Crippen LogP contribution in [-0.2, 0) is 13.1 Å². The lowest BCUT2D eigenvalue weighted by Gasteiger charge is -2.03. The summed E-state index contributed by atoms with van der Waals surface area (Å²) >= 11 is 0. The van der Waals surface area contributed by atoms with E-state index < -0.39 is 11.4 Å². The number of aromatic amines is 1. The van der Waals surface area contributed by atoms with Gasteiger partial charge in [0.1, 0.15) is 0 Å². The highest BCUT2D eigenvalue weighted by Gasteiger charge is 2.04. The molecule has 0 aromatic carbocycles. The first-order valence-electron chi connectivity index (χ1n) is 3.82. The van der Waals surface area contributed by atoms with Crippen molar-refractivity contribution in [2.24, 2.45) is 0 Å². The predicted octanol–water partition coefficient (Wildman–Crippen LogP) is -0.290. The van der Waals surface area contributed by atoms with Crippen LogP contribution in [0.2, 0.25) is 0 Å². The van der Waals surface area contributed by atoms with Gasteiger partial charge in [-0.25, -0.2) is 19.0 Å². The molecule has 0 aliphatic carbocycles. The maximum Gasteiger partial charge on any atom is 0.344 e. The molecule has 5 nitrogen and oxygen atoms in total. The molecule has 0 aliphatic rings. The zero-order valence-electron chi connectivity index (χ0n) is 7.19. The van der Waals surface area contributed by atoms with Crippen molar-refractivity contribution < 1.29 is 0 Å². The van der Waals surface area contributed by atoms with E-state index in [4.69, 9.17) is 0 Å². The quantitative estimate of drug-likeness (QED) is 0.649. The molecule has 1 N–H and O–H groups in total. The van der Waals surface area contributed by atoms with Gasteiger partial charge in [0.15, 0.2) is 0 Å². The molecule has 0 saturated carbocycles. The molecule has 0 spiro atoms. The molecule has 0 amide bonds. The summed E-state index contributed by atoms with van der Waals surface area (Å²) in [7, 11) is 0. The van der Waals surface area contributed by atoms with Gasteiger partial charge >= 0.3 is 11.4 Å². The van der Waals surface area contributed by atoms with E-state index in [-0.39, 0.29) is 0 Å². The monoisotopic (exact) mass is 181 g/mol. The number of hydrogen-bond donors (Lipinski definition) is 1. The largest absolute Gasteiger partial charge is 0.344 e. The van der Waals surface area contributed by atoms with E-state index in [1.807, 2.05) is 0 Å². The Morgan fingerprint density at radius 2 is 1.46 bits per heavy atom. The van der Waals surface area contributed by atoms with Crippen molar-refractivity contribution in [1.82, 2.24) is 14.3 Å². The number of nitrogens with one attached hydrogen (secondary N) is 1. The molecular formula is C8H11N3O2. The van der Waals surface area contributed by atoms with Gasteiger partial charge < -0.3 is 0 Å². The van der Waals surface area contributed by atoms with Crippen LogP contribution in [0.1, 0.15) is 0 Å². The minimum absolute atomic E-state index is 0.311. The van der Waals surface area contributed by atoms with Crippen molar-refractivity contribution in [3.05, 3.63) is 46.3 Å². The normalized spacial score (nSPS) is 9.85. The second kappa shape index (κ2) is 3.75. The molecule has 0 fully saturated rings. The van der Waals surface area contributed by atoms with Gasteiger partial charge in [0.2, 0.25) is 0 Å². The minimum atomic E-state index is -0.424. The summed E-state index contributed by atoms with van der Waals surface area (Å²) in [6.45, 7) is 7.61. The average Bonchev–Trinajstić information content (AvgIpc) is 2.33. The van der Waals surface area contributed by atoms with Crippen molar-refractivity contribution >= 4 is 0 Å². The van der Waals surface area contributed by atoms with Crippen LogP contribution in [0.5, 0.6) is 0 Å². The van der Waals surface area contributed by atoms with E-state index in [2.05, 4.69) is 18.1 Å². The molecule has 70 valence electrons. The fourth-order valence-electron chi connectivity index (χ4n) is 1.05. The lowest BCUT2D eigenvalue weighted by molar-refractivity contribution is 0.502. The van der Waals surface area contributed by atoms with E-state index in [9.17, 15) is 9.59 Å². The lowest BCUT2D eigenvalue weighted by atomic mass is 10.6. The maximum atomic E-state index is 11.1. The molecule has 5 heteroatoms. The van der Waals surface area contributed by atoms with Gasteiger partial charge in [0.05, 0.1) is 13.1 Å². The summed E-state index contributed by atoms with van der Waals surface area (Å²) < 4.78 is 2.55. The van der Waals surface area contributed by atoms with Crippen LogP contribution in [0.15, 0.2) is 34.9 Å².